The van der Waals surface area contributed by atoms with Gasteiger partial charge < -0.3 is 10.2 Å². The van der Waals surface area contributed by atoms with Gasteiger partial charge in [-0.1, -0.05) is 48.0 Å². The Morgan fingerprint density at radius 1 is 1.00 bits per heavy atom. The Kier molecular flexibility index (Phi) is 4.97. The summed E-state index contributed by atoms with van der Waals surface area (Å²) in [5.74, 6) is 0. The molecule has 2 aromatic rings. The fourth-order valence-electron chi connectivity index (χ4n) is 2.02. The second-order valence-electron chi connectivity index (χ2n) is 4.51. The van der Waals surface area contributed by atoms with Gasteiger partial charge in [0.15, 0.2) is 0 Å². The van der Waals surface area contributed by atoms with Crippen molar-refractivity contribution < 1.29 is 10.2 Å². The molecule has 3 heteroatoms. The first kappa shape index (κ1) is 14.1. The summed E-state index contributed by atoms with van der Waals surface area (Å²) in [6, 6.07) is 15.5. The largest absolute Gasteiger partial charge is 0.396 e. The Morgan fingerprint density at radius 2 is 1.74 bits per heavy atom. The molecule has 2 aromatic carbocycles. The summed E-state index contributed by atoms with van der Waals surface area (Å²) >= 11 is 5.97. The van der Waals surface area contributed by atoms with Crippen LogP contribution in [-0.4, -0.2) is 16.8 Å². The van der Waals surface area contributed by atoms with Gasteiger partial charge in [-0.15, -0.1) is 0 Å². The van der Waals surface area contributed by atoms with E-state index in [-0.39, 0.29) is 6.61 Å². The maximum atomic E-state index is 9.92. The minimum Gasteiger partial charge on any atom is -0.396 e. The van der Waals surface area contributed by atoms with Crippen LogP contribution in [0, 0.1) is 0 Å². The molecule has 2 N–H and O–H groups in total. The Labute approximate surface area is 118 Å². The van der Waals surface area contributed by atoms with Crippen molar-refractivity contribution in [3.8, 4) is 11.1 Å². The average molecular weight is 277 g/mol. The van der Waals surface area contributed by atoms with Gasteiger partial charge in [0.2, 0.25) is 0 Å². The van der Waals surface area contributed by atoms with Gasteiger partial charge in [-0.05, 0) is 41.7 Å². The Bertz CT molecular complexity index is 523. The van der Waals surface area contributed by atoms with E-state index in [9.17, 15) is 5.11 Å². The zero-order valence-corrected chi connectivity index (χ0v) is 11.3. The summed E-state index contributed by atoms with van der Waals surface area (Å²) in [5.41, 5.74) is 3.00. The molecule has 1 unspecified atom stereocenters. The summed E-state index contributed by atoms with van der Waals surface area (Å²) in [6.07, 6.45) is 0.671. The number of hydrogen-bond donors (Lipinski definition) is 2. The Morgan fingerprint density at radius 3 is 2.37 bits per heavy atom. The molecule has 0 saturated heterocycles. The molecule has 0 spiro atoms. The highest BCUT2D eigenvalue weighted by Crippen LogP contribution is 2.25. The van der Waals surface area contributed by atoms with Crippen molar-refractivity contribution in [1.29, 1.82) is 0 Å². The zero-order valence-electron chi connectivity index (χ0n) is 10.6. The van der Waals surface area contributed by atoms with Crippen LogP contribution in [0.2, 0.25) is 5.02 Å². The van der Waals surface area contributed by atoms with Crippen LogP contribution in [0.25, 0.3) is 11.1 Å². The summed E-state index contributed by atoms with van der Waals surface area (Å²) in [4.78, 5) is 0. The van der Waals surface area contributed by atoms with Crippen molar-refractivity contribution in [3.05, 3.63) is 59.1 Å². The third kappa shape index (κ3) is 3.80. The number of halogens is 1. The van der Waals surface area contributed by atoms with Crippen LogP contribution in [-0.2, 0) is 0 Å². The standard InChI is InChI=1S/C16H17ClO2/c17-15-4-1-3-14(11-15)12-6-8-13(9-7-12)16(19)5-2-10-18/h1,3-4,6-9,11,16,18-19H,2,5,10H2. The summed E-state index contributed by atoms with van der Waals surface area (Å²) < 4.78 is 0. The van der Waals surface area contributed by atoms with Crippen LogP contribution in [0.5, 0.6) is 0 Å². The van der Waals surface area contributed by atoms with E-state index in [0.717, 1.165) is 16.7 Å². The zero-order chi connectivity index (χ0) is 13.7. The second-order valence-corrected chi connectivity index (χ2v) is 4.95. The van der Waals surface area contributed by atoms with E-state index in [2.05, 4.69) is 0 Å². The molecule has 0 radical (unpaired) electrons. The minimum absolute atomic E-state index is 0.109. The van der Waals surface area contributed by atoms with Crippen molar-refractivity contribution in [3.63, 3.8) is 0 Å². The van der Waals surface area contributed by atoms with Gasteiger partial charge in [-0.2, -0.15) is 0 Å². The van der Waals surface area contributed by atoms with Gasteiger partial charge in [-0.25, -0.2) is 0 Å². The average Bonchev–Trinajstić information content (AvgIpc) is 2.45. The summed E-state index contributed by atoms with van der Waals surface area (Å²) in [5, 5.41) is 19.4. The van der Waals surface area contributed by atoms with Gasteiger partial charge in [-0.3, -0.25) is 0 Å². The quantitative estimate of drug-likeness (QED) is 0.872. The lowest BCUT2D eigenvalue weighted by atomic mass is 10.00. The first-order valence-corrected chi connectivity index (χ1v) is 6.73. The van der Waals surface area contributed by atoms with Crippen molar-refractivity contribution in [1.82, 2.24) is 0 Å². The van der Waals surface area contributed by atoms with Crippen molar-refractivity contribution in [2.45, 2.75) is 18.9 Å². The van der Waals surface area contributed by atoms with Crippen LogP contribution in [0.15, 0.2) is 48.5 Å². The summed E-state index contributed by atoms with van der Waals surface area (Å²) in [6.45, 7) is 0.109. The molecule has 0 aromatic heterocycles. The van der Waals surface area contributed by atoms with E-state index in [1.165, 1.54) is 0 Å². The van der Waals surface area contributed by atoms with Gasteiger partial charge in [0.25, 0.3) is 0 Å². The highest BCUT2D eigenvalue weighted by atomic mass is 35.5. The third-order valence-corrected chi connectivity index (χ3v) is 3.32. The molecule has 0 aliphatic carbocycles. The molecular weight excluding hydrogens is 260 g/mol. The highest BCUT2D eigenvalue weighted by Gasteiger charge is 2.07. The van der Waals surface area contributed by atoms with Crippen LogP contribution < -0.4 is 0 Å². The van der Waals surface area contributed by atoms with Crippen molar-refractivity contribution in [2.75, 3.05) is 6.61 Å². The second kappa shape index (κ2) is 6.71. The van der Waals surface area contributed by atoms with Crippen LogP contribution >= 0.6 is 11.6 Å². The monoisotopic (exact) mass is 276 g/mol. The van der Waals surface area contributed by atoms with Crippen LogP contribution in [0.1, 0.15) is 24.5 Å². The minimum atomic E-state index is -0.513. The van der Waals surface area contributed by atoms with E-state index in [0.29, 0.717) is 17.9 Å². The van der Waals surface area contributed by atoms with E-state index in [4.69, 9.17) is 16.7 Å². The van der Waals surface area contributed by atoms with E-state index < -0.39 is 6.10 Å². The van der Waals surface area contributed by atoms with E-state index in [1.807, 2.05) is 48.5 Å². The predicted molar refractivity (Wildman–Crippen MR) is 78.2 cm³/mol. The normalized spacial score (nSPS) is 12.4. The molecule has 2 nitrogen and oxygen atoms in total. The predicted octanol–water partition coefficient (Wildman–Crippen LogP) is 3.81. The lowest BCUT2D eigenvalue weighted by Gasteiger charge is -2.11. The fourth-order valence-corrected chi connectivity index (χ4v) is 2.21. The van der Waals surface area contributed by atoms with Gasteiger partial charge in [0, 0.05) is 11.6 Å². The lowest BCUT2D eigenvalue weighted by Crippen LogP contribution is -1.98. The molecule has 0 amide bonds. The van der Waals surface area contributed by atoms with Crippen molar-refractivity contribution >= 4 is 11.6 Å². The molecule has 1 atom stereocenters. The molecule has 0 saturated carbocycles. The molecule has 0 heterocycles. The van der Waals surface area contributed by atoms with Gasteiger partial charge in [0.05, 0.1) is 6.10 Å². The van der Waals surface area contributed by atoms with Gasteiger partial charge in [0.1, 0.15) is 0 Å². The number of aliphatic hydroxyl groups excluding tert-OH is 2. The van der Waals surface area contributed by atoms with Gasteiger partial charge >= 0.3 is 0 Å². The highest BCUT2D eigenvalue weighted by molar-refractivity contribution is 6.30. The van der Waals surface area contributed by atoms with Crippen LogP contribution in [0.3, 0.4) is 0 Å². The Hall–Kier alpha value is -1.35. The number of hydrogen-bond acceptors (Lipinski definition) is 2. The SMILES string of the molecule is OCCCC(O)c1ccc(-c2cccc(Cl)c2)cc1. The molecule has 19 heavy (non-hydrogen) atoms. The topological polar surface area (TPSA) is 40.5 Å². The summed E-state index contributed by atoms with van der Waals surface area (Å²) in [7, 11) is 0. The molecular formula is C16H17ClO2. The third-order valence-electron chi connectivity index (χ3n) is 3.09. The molecule has 0 aliphatic rings. The molecule has 0 aliphatic heterocycles. The first-order valence-electron chi connectivity index (χ1n) is 6.35. The maximum Gasteiger partial charge on any atom is 0.0790 e. The maximum absolute atomic E-state index is 9.92. The van der Waals surface area contributed by atoms with Crippen LogP contribution in [0.4, 0.5) is 0 Å². The molecule has 100 valence electrons. The fraction of sp³-hybridized carbons (Fsp3) is 0.250. The number of aliphatic hydroxyl groups is 2. The number of rotatable bonds is 5. The first-order chi connectivity index (χ1) is 9.20. The Balaban J connectivity index is 2.14. The smallest absolute Gasteiger partial charge is 0.0790 e. The van der Waals surface area contributed by atoms with Crippen molar-refractivity contribution in [2.24, 2.45) is 0 Å². The van der Waals surface area contributed by atoms with E-state index in [1.54, 1.807) is 0 Å². The molecule has 0 fully saturated rings. The molecule has 0 bridgehead atoms. The molecule has 2 rings (SSSR count). The van der Waals surface area contributed by atoms with E-state index >= 15 is 0 Å². The lowest BCUT2D eigenvalue weighted by molar-refractivity contribution is 0.152. The number of benzene rings is 2.